The zero-order valence-corrected chi connectivity index (χ0v) is 9.69. The topological polar surface area (TPSA) is 29.1 Å². The summed E-state index contributed by atoms with van der Waals surface area (Å²) in [6.45, 7) is 2.16. The average molecular weight is 281 g/mol. The van der Waals surface area contributed by atoms with Gasteiger partial charge in [-0.25, -0.2) is 0 Å². The zero-order valence-electron chi connectivity index (χ0n) is 7.53. The summed E-state index contributed by atoms with van der Waals surface area (Å²) in [6.07, 6.45) is 6.15. The highest BCUT2D eigenvalue weighted by atomic mass is 127. The number of hydrogen-bond acceptors (Lipinski definition) is 1. The summed E-state index contributed by atoms with van der Waals surface area (Å²) in [5.74, 6) is 0.181. The van der Waals surface area contributed by atoms with Crippen LogP contribution in [0.25, 0.3) is 0 Å². The molecule has 3 heteroatoms. The number of amides is 1. The van der Waals surface area contributed by atoms with Crippen molar-refractivity contribution in [2.75, 3.05) is 4.43 Å². The first-order valence-electron chi connectivity index (χ1n) is 4.53. The molecule has 0 aromatic rings. The molecule has 1 saturated carbocycles. The van der Waals surface area contributed by atoms with Gasteiger partial charge in [0.05, 0.1) is 4.43 Å². The van der Waals surface area contributed by atoms with Gasteiger partial charge in [0.1, 0.15) is 0 Å². The van der Waals surface area contributed by atoms with Gasteiger partial charge in [0.15, 0.2) is 0 Å². The molecule has 0 unspecified atom stereocenters. The van der Waals surface area contributed by atoms with Crippen molar-refractivity contribution in [3.05, 3.63) is 0 Å². The molecule has 0 heterocycles. The van der Waals surface area contributed by atoms with E-state index in [9.17, 15) is 4.79 Å². The molecule has 0 atom stereocenters. The lowest BCUT2D eigenvalue weighted by atomic mass is 9.83. The lowest BCUT2D eigenvalue weighted by Crippen LogP contribution is -2.47. The van der Waals surface area contributed by atoms with Crippen molar-refractivity contribution in [2.24, 2.45) is 0 Å². The van der Waals surface area contributed by atoms with Crippen LogP contribution < -0.4 is 5.32 Å². The van der Waals surface area contributed by atoms with Crippen LogP contribution in [0.2, 0.25) is 0 Å². The maximum Gasteiger partial charge on any atom is 0.230 e. The standard InChI is InChI=1S/C9H16INO/c1-9(11-8(12)7-10)5-3-2-4-6-9/h2-7H2,1H3,(H,11,12). The van der Waals surface area contributed by atoms with Gasteiger partial charge < -0.3 is 5.32 Å². The lowest BCUT2D eigenvalue weighted by molar-refractivity contribution is -0.120. The Morgan fingerprint density at radius 2 is 2.00 bits per heavy atom. The van der Waals surface area contributed by atoms with E-state index in [4.69, 9.17) is 0 Å². The number of halogens is 1. The first-order valence-corrected chi connectivity index (χ1v) is 6.06. The van der Waals surface area contributed by atoms with Crippen LogP contribution in [0.15, 0.2) is 0 Å². The summed E-state index contributed by atoms with van der Waals surface area (Å²) in [6, 6.07) is 0. The van der Waals surface area contributed by atoms with Gasteiger partial charge in [-0.15, -0.1) is 0 Å². The largest absolute Gasteiger partial charge is 0.350 e. The molecular formula is C9H16INO. The van der Waals surface area contributed by atoms with Gasteiger partial charge in [-0.05, 0) is 19.8 Å². The fraction of sp³-hybridized carbons (Fsp3) is 0.889. The van der Waals surface area contributed by atoms with Crippen LogP contribution in [-0.4, -0.2) is 15.9 Å². The summed E-state index contributed by atoms with van der Waals surface area (Å²) in [4.78, 5) is 11.2. The monoisotopic (exact) mass is 281 g/mol. The van der Waals surface area contributed by atoms with Crippen molar-refractivity contribution in [1.29, 1.82) is 0 Å². The fourth-order valence-corrected chi connectivity index (χ4v) is 2.02. The molecule has 70 valence electrons. The molecule has 12 heavy (non-hydrogen) atoms. The third kappa shape index (κ3) is 2.92. The summed E-state index contributed by atoms with van der Waals surface area (Å²) < 4.78 is 0.577. The van der Waals surface area contributed by atoms with Gasteiger partial charge in [-0.1, -0.05) is 41.9 Å². The molecular weight excluding hydrogens is 265 g/mol. The molecule has 0 aromatic carbocycles. The van der Waals surface area contributed by atoms with Crippen LogP contribution in [0.1, 0.15) is 39.0 Å². The Kier molecular flexibility index (Phi) is 3.80. The van der Waals surface area contributed by atoms with E-state index in [0.717, 1.165) is 12.8 Å². The first-order chi connectivity index (χ1) is 5.66. The first kappa shape index (κ1) is 10.3. The number of hydrogen-bond donors (Lipinski definition) is 1. The van der Waals surface area contributed by atoms with Crippen molar-refractivity contribution in [1.82, 2.24) is 5.32 Å². The SMILES string of the molecule is CC1(NC(=O)CI)CCCCC1. The van der Waals surface area contributed by atoms with Crippen molar-refractivity contribution < 1.29 is 4.79 Å². The predicted molar refractivity (Wildman–Crippen MR) is 58.5 cm³/mol. The highest BCUT2D eigenvalue weighted by Gasteiger charge is 2.27. The highest BCUT2D eigenvalue weighted by molar-refractivity contribution is 14.1. The van der Waals surface area contributed by atoms with E-state index in [1.807, 2.05) is 0 Å². The van der Waals surface area contributed by atoms with E-state index in [-0.39, 0.29) is 11.4 Å². The smallest absolute Gasteiger partial charge is 0.230 e. The molecule has 1 amide bonds. The number of carbonyl (C=O) groups is 1. The molecule has 0 radical (unpaired) electrons. The summed E-state index contributed by atoms with van der Waals surface area (Å²) >= 11 is 2.10. The fourth-order valence-electron chi connectivity index (χ4n) is 1.83. The molecule has 0 bridgehead atoms. The second kappa shape index (κ2) is 4.44. The quantitative estimate of drug-likeness (QED) is 0.610. The van der Waals surface area contributed by atoms with Crippen LogP contribution in [0.4, 0.5) is 0 Å². The van der Waals surface area contributed by atoms with Crippen LogP contribution >= 0.6 is 22.6 Å². The molecule has 0 spiro atoms. The van der Waals surface area contributed by atoms with E-state index in [2.05, 4.69) is 34.8 Å². The molecule has 1 aliphatic carbocycles. The van der Waals surface area contributed by atoms with Crippen LogP contribution in [0, 0.1) is 0 Å². The van der Waals surface area contributed by atoms with Crippen LogP contribution in [-0.2, 0) is 4.79 Å². The Labute approximate surface area is 87.6 Å². The number of alkyl halides is 1. The van der Waals surface area contributed by atoms with E-state index in [1.54, 1.807) is 0 Å². The molecule has 0 aromatic heterocycles. The molecule has 0 saturated heterocycles. The summed E-state index contributed by atoms with van der Waals surface area (Å²) in [5.41, 5.74) is 0.0977. The van der Waals surface area contributed by atoms with E-state index < -0.39 is 0 Å². The number of nitrogens with one attached hydrogen (secondary N) is 1. The molecule has 0 aliphatic heterocycles. The maximum atomic E-state index is 11.2. The highest BCUT2D eigenvalue weighted by Crippen LogP contribution is 2.27. The van der Waals surface area contributed by atoms with Gasteiger partial charge in [0.25, 0.3) is 0 Å². The van der Waals surface area contributed by atoms with Crippen molar-refractivity contribution in [2.45, 2.75) is 44.6 Å². The second-order valence-electron chi connectivity index (χ2n) is 3.80. The Morgan fingerprint density at radius 3 is 2.50 bits per heavy atom. The van der Waals surface area contributed by atoms with Gasteiger partial charge in [-0.2, -0.15) is 0 Å². The Bertz CT molecular complexity index is 164. The molecule has 1 rings (SSSR count). The van der Waals surface area contributed by atoms with Gasteiger partial charge in [0.2, 0.25) is 5.91 Å². The maximum absolute atomic E-state index is 11.2. The van der Waals surface area contributed by atoms with Crippen LogP contribution in [0.5, 0.6) is 0 Å². The van der Waals surface area contributed by atoms with E-state index >= 15 is 0 Å². The minimum Gasteiger partial charge on any atom is -0.350 e. The second-order valence-corrected chi connectivity index (χ2v) is 4.57. The Morgan fingerprint density at radius 1 is 1.42 bits per heavy atom. The third-order valence-electron chi connectivity index (χ3n) is 2.52. The van der Waals surface area contributed by atoms with Crippen molar-refractivity contribution in [3.8, 4) is 0 Å². The molecule has 1 fully saturated rings. The number of carbonyl (C=O) groups excluding carboxylic acids is 1. The normalized spacial score (nSPS) is 21.8. The van der Waals surface area contributed by atoms with Crippen molar-refractivity contribution >= 4 is 28.5 Å². The average Bonchev–Trinajstić information content (AvgIpc) is 2.05. The van der Waals surface area contributed by atoms with Crippen molar-refractivity contribution in [3.63, 3.8) is 0 Å². The molecule has 1 aliphatic rings. The predicted octanol–water partition coefficient (Wildman–Crippen LogP) is 2.26. The summed E-state index contributed by atoms with van der Waals surface area (Å²) in [7, 11) is 0. The number of rotatable bonds is 2. The minimum absolute atomic E-state index is 0.0977. The summed E-state index contributed by atoms with van der Waals surface area (Å²) in [5, 5.41) is 3.10. The molecule has 1 N–H and O–H groups in total. The minimum atomic E-state index is 0.0977. The Hall–Kier alpha value is 0.200. The molecule has 2 nitrogen and oxygen atoms in total. The third-order valence-corrected chi connectivity index (χ3v) is 3.21. The Balaban J connectivity index is 2.41. The van der Waals surface area contributed by atoms with Gasteiger partial charge >= 0.3 is 0 Å². The van der Waals surface area contributed by atoms with Gasteiger partial charge in [0, 0.05) is 5.54 Å². The zero-order chi connectivity index (χ0) is 9.03. The van der Waals surface area contributed by atoms with Crippen LogP contribution in [0.3, 0.4) is 0 Å². The van der Waals surface area contributed by atoms with E-state index in [1.165, 1.54) is 19.3 Å². The lowest BCUT2D eigenvalue weighted by Gasteiger charge is -2.34. The van der Waals surface area contributed by atoms with Gasteiger partial charge in [-0.3, -0.25) is 4.79 Å². The van der Waals surface area contributed by atoms with E-state index in [0.29, 0.717) is 4.43 Å².